The van der Waals surface area contributed by atoms with Gasteiger partial charge in [-0.25, -0.2) is 4.39 Å². The molecule has 2 aromatic carbocycles. The number of nitrogens with zero attached hydrogens (tertiary/aromatic N) is 2. The number of carbonyl (C=O) groups is 2. The van der Waals surface area contributed by atoms with Crippen LogP contribution in [0.25, 0.3) is 0 Å². The molecule has 13 heteroatoms. The number of non-ortho nitro benzene ring substituents is 1. The van der Waals surface area contributed by atoms with Crippen LogP contribution < -0.4 is 9.22 Å². The van der Waals surface area contributed by atoms with Gasteiger partial charge in [0, 0.05) is 30.2 Å². The zero-order valence-corrected chi connectivity index (χ0v) is 17.6. The molecule has 3 atom stereocenters. The lowest BCUT2D eigenvalue weighted by Gasteiger charge is -2.45. The highest BCUT2D eigenvalue weighted by Gasteiger charge is 2.56. The number of rotatable bonds is 5. The fourth-order valence-corrected chi connectivity index (χ4v) is 4.38. The third-order valence-corrected chi connectivity index (χ3v) is 5.94. The second-order valence-corrected chi connectivity index (χ2v) is 8.37. The van der Waals surface area contributed by atoms with E-state index in [4.69, 9.17) is 0 Å². The fraction of sp³-hybridized carbons (Fsp3) is 0.333. The molecule has 1 aliphatic rings. The van der Waals surface area contributed by atoms with Crippen molar-refractivity contribution in [3.8, 4) is 5.75 Å². The molecule has 0 bridgehead atoms. The number of amides is 1. The summed E-state index contributed by atoms with van der Waals surface area (Å²) in [6.45, 7) is 0.638. The molecule has 3 rings (SSSR count). The van der Waals surface area contributed by atoms with E-state index in [0.29, 0.717) is 0 Å². The maximum Gasteiger partial charge on any atom is 0.573 e. The number of alkyl halides is 3. The molecule has 0 spiro atoms. The van der Waals surface area contributed by atoms with E-state index in [2.05, 4.69) is 4.74 Å². The molecule has 0 radical (unpaired) electrons. The third kappa shape index (κ3) is 4.78. The van der Waals surface area contributed by atoms with Gasteiger partial charge in [0.15, 0.2) is 11.6 Å². The second-order valence-electron chi connectivity index (χ2n) is 8.37. The van der Waals surface area contributed by atoms with Gasteiger partial charge in [0.25, 0.3) is 5.69 Å². The number of aliphatic carboxylic acids is 1. The molecule has 0 aliphatic carbocycles. The zero-order valence-electron chi connectivity index (χ0n) is 17.6. The first kappa shape index (κ1) is 24.9. The van der Waals surface area contributed by atoms with Crippen molar-refractivity contribution in [3.05, 3.63) is 64.0 Å². The van der Waals surface area contributed by atoms with E-state index in [1.807, 2.05) is 0 Å². The van der Waals surface area contributed by atoms with Crippen LogP contribution in [0.3, 0.4) is 0 Å². The molecule has 2 aromatic rings. The first-order valence-corrected chi connectivity index (χ1v) is 9.81. The van der Waals surface area contributed by atoms with E-state index >= 15 is 0 Å². The number of hydrogen-bond acceptors (Lipinski definition) is 5. The number of hydrogen-bond donors (Lipinski definition) is 2. The SMILES string of the molecule is CC1(C(=O)O)CC(c2ccc(OC(F)(F)F)c(F)c2)C[N+](C(=O)O)(c2ccc([N+](=O)[O-])cc2)C1. The minimum atomic E-state index is -5.12. The summed E-state index contributed by atoms with van der Waals surface area (Å²) in [5, 5.41) is 31.0. The Bertz CT molecular complexity index is 1140. The molecule has 9 nitrogen and oxygen atoms in total. The summed E-state index contributed by atoms with van der Waals surface area (Å²) in [6.07, 6.45) is -6.69. The lowest BCUT2D eigenvalue weighted by atomic mass is 9.73. The van der Waals surface area contributed by atoms with E-state index in [1.165, 1.54) is 19.1 Å². The van der Waals surface area contributed by atoms with Crippen molar-refractivity contribution in [2.75, 3.05) is 13.1 Å². The van der Waals surface area contributed by atoms with Gasteiger partial charge in [-0.3, -0.25) is 14.9 Å². The summed E-state index contributed by atoms with van der Waals surface area (Å²) in [5.74, 6) is -4.64. The molecular formula is C21H19F4N2O7+. The Balaban J connectivity index is 2.09. The van der Waals surface area contributed by atoms with Gasteiger partial charge in [-0.15, -0.1) is 13.2 Å². The Hall–Kier alpha value is -3.74. The molecule has 1 saturated heterocycles. The summed E-state index contributed by atoms with van der Waals surface area (Å²) >= 11 is 0. The van der Waals surface area contributed by atoms with Gasteiger partial charge in [-0.05, 0) is 31.0 Å². The van der Waals surface area contributed by atoms with Gasteiger partial charge in [-0.2, -0.15) is 9.28 Å². The highest BCUT2D eigenvalue weighted by molar-refractivity contribution is 5.84. The van der Waals surface area contributed by atoms with Crippen LogP contribution in [0.1, 0.15) is 24.8 Å². The average Bonchev–Trinajstić information content (AvgIpc) is 2.73. The van der Waals surface area contributed by atoms with E-state index in [1.54, 1.807) is 0 Å². The number of carboxylic acids is 1. The standard InChI is InChI=1S/C21H18F4N2O7/c1-20(18(28)29)9-13(12-2-7-17(16(22)8-12)34-21(23,24)25)10-27(11-20,19(30)31)15-5-3-14(4-6-15)26(32)33/h2-8,13H,9-11H2,1H3,(H-,28,29,30,31)/p+1. The van der Waals surface area contributed by atoms with Crippen LogP contribution in [0.2, 0.25) is 0 Å². The van der Waals surface area contributed by atoms with Crippen molar-refractivity contribution in [1.29, 1.82) is 0 Å². The Labute approximate surface area is 189 Å². The van der Waals surface area contributed by atoms with E-state index in [-0.39, 0.29) is 29.9 Å². The molecule has 1 aliphatic heterocycles. The Morgan fingerprint density at radius 2 is 1.79 bits per heavy atom. The van der Waals surface area contributed by atoms with Crippen LogP contribution in [0.5, 0.6) is 5.75 Å². The summed E-state index contributed by atoms with van der Waals surface area (Å²) < 4.78 is 54.4. The normalized spacial score (nSPS) is 24.9. The van der Waals surface area contributed by atoms with Crippen molar-refractivity contribution >= 4 is 23.4 Å². The van der Waals surface area contributed by atoms with E-state index < -0.39 is 57.3 Å². The van der Waals surface area contributed by atoms with Gasteiger partial charge in [-0.1, -0.05) is 6.07 Å². The van der Waals surface area contributed by atoms with Crippen LogP contribution >= 0.6 is 0 Å². The third-order valence-electron chi connectivity index (χ3n) is 5.94. The Morgan fingerprint density at radius 1 is 1.18 bits per heavy atom. The molecule has 182 valence electrons. The second kappa shape index (κ2) is 8.56. The highest BCUT2D eigenvalue weighted by Crippen LogP contribution is 2.45. The number of carboxylic acid groups (broad SMARTS) is 2. The fourth-order valence-electron chi connectivity index (χ4n) is 4.38. The monoisotopic (exact) mass is 487 g/mol. The van der Waals surface area contributed by atoms with Crippen LogP contribution in [-0.4, -0.2) is 46.7 Å². The molecule has 1 amide bonds. The van der Waals surface area contributed by atoms with Gasteiger partial charge >= 0.3 is 18.4 Å². The van der Waals surface area contributed by atoms with Gasteiger partial charge in [0.1, 0.15) is 24.2 Å². The number of nitro groups is 1. The lowest BCUT2D eigenvalue weighted by molar-refractivity contribution is -0.384. The van der Waals surface area contributed by atoms with E-state index in [9.17, 15) is 47.5 Å². The molecule has 0 saturated carbocycles. The van der Waals surface area contributed by atoms with Crippen molar-refractivity contribution in [2.24, 2.45) is 5.41 Å². The van der Waals surface area contributed by atoms with Crippen LogP contribution in [0.4, 0.5) is 33.7 Å². The zero-order chi connectivity index (χ0) is 25.5. The summed E-state index contributed by atoms with van der Waals surface area (Å²) in [5.41, 5.74) is -1.78. The maximum absolute atomic E-state index is 14.4. The van der Waals surface area contributed by atoms with Crippen LogP contribution in [0.15, 0.2) is 42.5 Å². The molecule has 1 heterocycles. The smallest absolute Gasteiger partial charge is 0.481 e. The summed E-state index contributed by atoms with van der Waals surface area (Å²) in [4.78, 5) is 34.9. The minimum absolute atomic E-state index is 0.0628. The Morgan fingerprint density at radius 3 is 2.26 bits per heavy atom. The molecule has 1 fully saturated rings. The number of quaternary nitrogens is 1. The van der Waals surface area contributed by atoms with Gasteiger partial charge in [0.2, 0.25) is 0 Å². The number of ether oxygens (including phenoxy) is 1. The van der Waals surface area contributed by atoms with E-state index in [0.717, 1.165) is 30.3 Å². The van der Waals surface area contributed by atoms with Gasteiger partial charge in [0.05, 0.1) is 4.92 Å². The number of piperidine rings is 1. The highest BCUT2D eigenvalue weighted by atomic mass is 19.4. The minimum Gasteiger partial charge on any atom is -0.481 e. The number of likely N-dealkylation sites (tertiary alicyclic amines) is 1. The van der Waals surface area contributed by atoms with Crippen molar-refractivity contribution in [3.63, 3.8) is 0 Å². The molecule has 2 N–H and O–H groups in total. The van der Waals surface area contributed by atoms with Crippen molar-refractivity contribution in [2.45, 2.75) is 25.6 Å². The number of nitro benzene ring substituents is 1. The summed E-state index contributed by atoms with van der Waals surface area (Å²) in [7, 11) is 0. The number of halogens is 4. The molecule has 0 aromatic heterocycles. The average molecular weight is 487 g/mol. The number of benzene rings is 2. The quantitative estimate of drug-likeness (QED) is 0.266. The van der Waals surface area contributed by atoms with Crippen LogP contribution in [0, 0.1) is 21.3 Å². The predicted octanol–water partition coefficient (Wildman–Crippen LogP) is 4.90. The summed E-state index contributed by atoms with van der Waals surface area (Å²) in [6, 6.07) is 7.20. The first-order valence-electron chi connectivity index (χ1n) is 9.81. The molecule has 3 unspecified atom stereocenters. The Kier molecular flexibility index (Phi) is 6.26. The van der Waals surface area contributed by atoms with Crippen molar-refractivity contribution in [1.82, 2.24) is 4.48 Å². The largest absolute Gasteiger partial charge is 0.573 e. The van der Waals surface area contributed by atoms with Gasteiger partial charge < -0.3 is 14.9 Å². The van der Waals surface area contributed by atoms with Crippen LogP contribution in [-0.2, 0) is 4.79 Å². The predicted molar refractivity (Wildman–Crippen MR) is 109 cm³/mol. The first-order chi connectivity index (χ1) is 15.7. The topological polar surface area (TPSA) is 127 Å². The maximum atomic E-state index is 14.4. The van der Waals surface area contributed by atoms with Crippen molar-refractivity contribution < 1.29 is 47.0 Å². The molecule has 34 heavy (non-hydrogen) atoms. The molecular weight excluding hydrogens is 468 g/mol. The lowest BCUT2D eigenvalue weighted by Crippen LogP contribution is -2.65.